The van der Waals surface area contributed by atoms with Crippen molar-refractivity contribution in [3.05, 3.63) is 0 Å². The van der Waals surface area contributed by atoms with E-state index in [9.17, 15) is 9.59 Å². The number of carbonyl (C=O) groups is 2. The second-order valence-corrected chi connectivity index (χ2v) is 3.69. The van der Waals surface area contributed by atoms with E-state index in [1.165, 1.54) is 0 Å². The van der Waals surface area contributed by atoms with Crippen LogP contribution in [0, 0.1) is 0 Å². The number of carbonyl (C=O) groups excluding carboxylic acids is 2. The van der Waals surface area contributed by atoms with Crippen LogP contribution in [0.1, 0.15) is 13.3 Å². The molecule has 1 rings (SSSR count). The Balaban J connectivity index is 2.59. The average Bonchev–Trinajstić information content (AvgIpc) is 2.45. The zero-order valence-corrected chi connectivity index (χ0v) is 7.91. The highest BCUT2D eigenvalue weighted by molar-refractivity contribution is 6.05. The van der Waals surface area contributed by atoms with Gasteiger partial charge in [0.15, 0.2) is 0 Å². The van der Waals surface area contributed by atoms with Crippen molar-refractivity contribution in [2.45, 2.75) is 24.9 Å². The van der Waals surface area contributed by atoms with Gasteiger partial charge in [0.1, 0.15) is 0 Å². The maximum absolute atomic E-state index is 11.1. The molecule has 14 heavy (non-hydrogen) atoms. The summed E-state index contributed by atoms with van der Waals surface area (Å²) in [7, 11) is 0. The van der Waals surface area contributed by atoms with E-state index in [1.54, 1.807) is 6.92 Å². The van der Waals surface area contributed by atoms with E-state index >= 15 is 0 Å². The molecule has 0 aromatic rings. The van der Waals surface area contributed by atoms with Gasteiger partial charge in [-0.15, -0.1) is 0 Å². The van der Waals surface area contributed by atoms with E-state index in [0.29, 0.717) is 0 Å². The molecular weight excluding hydrogens is 188 g/mol. The standard InChI is InChI=1S/C8H14N2O4/c1-8(3-11,4-12)10-5-2-6(13)9-7(5)14/h5,10-12H,2-4H2,1H3,(H,9,13,14). The van der Waals surface area contributed by atoms with Gasteiger partial charge in [0.25, 0.3) is 0 Å². The van der Waals surface area contributed by atoms with E-state index in [4.69, 9.17) is 10.2 Å². The summed E-state index contributed by atoms with van der Waals surface area (Å²) in [6, 6.07) is -0.660. The van der Waals surface area contributed by atoms with Crippen LogP contribution < -0.4 is 10.6 Å². The summed E-state index contributed by atoms with van der Waals surface area (Å²) in [6.07, 6.45) is 0.0500. The monoisotopic (exact) mass is 202 g/mol. The quantitative estimate of drug-likeness (QED) is 0.385. The Hall–Kier alpha value is -0.980. The SMILES string of the molecule is CC(CO)(CO)NC1CC(=O)NC1=O. The smallest absolute Gasteiger partial charge is 0.244 e. The molecule has 0 saturated carbocycles. The first-order valence-electron chi connectivity index (χ1n) is 4.34. The van der Waals surface area contributed by atoms with Crippen LogP contribution in [0.2, 0.25) is 0 Å². The Morgan fingerprint density at radius 2 is 2.07 bits per heavy atom. The highest BCUT2D eigenvalue weighted by Gasteiger charge is 2.35. The van der Waals surface area contributed by atoms with Gasteiger partial charge in [0.05, 0.1) is 31.2 Å². The molecule has 1 saturated heterocycles. The van der Waals surface area contributed by atoms with Gasteiger partial charge in [-0.2, -0.15) is 0 Å². The molecular formula is C8H14N2O4. The minimum atomic E-state index is -0.938. The number of aliphatic hydroxyl groups excluding tert-OH is 2. The number of aliphatic hydroxyl groups is 2. The van der Waals surface area contributed by atoms with Gasteiger partial charge >= 0.3 is 0 Å². The Labute approximate surface area is 81.3 Å². The predicted octanol–water partition coefficient (Wildman–Crippen LogP) is -2.27. The van der Waals surface area contributed by atoms with Crippen molar-refractivity contribution >= 4 is 11.8 Å². The summed E-state index contributed by atoms with van der Waals surface area (Å²) in [5.41, 5.74) is -0.938. The van der Waals surface area contributed by atoms with Crippen molar-refractivity contribution in [1.29, 1.82) is 0 Å². The fourth-order valence-corrected chi connectivity index (χ4v) is 1.23. The third kappa shape index (κ3) is 2.28. The van der Waals surface area contributed by atoms with Crippen LogP contribution in [-0.2, 0) is 9.59 Å². The number of hydrogen-bond donors (Lipinski definition) is 4. The molecule has 4 N–H and O–H groups in total. The van der Waals surface area contributed by atoms with Gasteiger partial charge in [-0.1, -0.05) is 0 Å². The van der Waals surface area contributed by atoms with Crippen LogP contribution in [-0.4, -0.2) is 46.8 Å². The van der Waals surface area contributed by atoms with E-state index in [0.717, 1.165) is 0 Å². The molecule has 1 atom stereocenters. The van der Waals surface area contributed by atoms with E-state index in [-0.39, 0.29) is 25.5 Å². The molecule has 6 nitrogen and oxygen atoms in total. The van der Waals surface area contributed by atoms with E-state index in [2.05, 4.69) is 10.6 Å². The van der Waals surface area contributed by atoms with Crippen molar-refractivity contribution in [2.24, 2.45) is 0 Å². The highest BCUT2D eigenvalue weighted by Crippen LogP contribution is 2.08. The first kappa shape index (κ1) is 11.1. The van der Waals surface area contributed by atoms with Crippen LogP contribution in [0.15, 0.2) is 0 Å². The topological polar surface area (TPSA) is 98.7 Å². The second-order valence-electron chi connectivity index (χ2n) is 3.69. The average molecular weight is 202 g/mol. The van der Waals surface area contributed by atoms with Crippen molar-refractivity contribution < 1.29 is 19.8 Å². The summed E-state index contributed by atoms with van der Waals surface area (Å²) in [6.45, 7) is 0.964. The highest BCUT2D eigenvalue weighted by atomic mass is 16.3. The van der Waals surface area contributed by atoms with Gasteiger partial charge in [-0.25, -0.2) is 0 Å². The number of hydrogen-bond acceptors (Lipinski definition) is 5. The normalized spacial score (nSPS) is 22.6. The van der Waals surface area contributed by atoms with Gasteiger partial charge in [0, 0.05) is 0 Å². The largest absolute Gasteiger partial charge is 0.394 e. The summed E-state index contributed by atoms with van der Waals surface area (Å²) < 4.78 is 0. The lowest BCUT2D eigenvalue weighted by Crippen LogP contribution is -2.55. The van der Waals surface area contributed by atoms with Crippen molar-refractivity contribution in [2.75, 3.05) is 13.2 Å². The zero-order chi connectivity index (χ0) is 10.8. The van der Waals surface area contributed by atoms with Gasteiger partial charge in [0.2, 0.25) is 11.8 Å². The Morgan fingerprint density at radius 3 is 2.43 bits per heavy atom. The zero-order valence-electron chi connectivity index (χ0n) is 7.91. The molecule has 6 heteroatoms. The molecule has 0 spiro atoms. The molecule has 1 heterocycles. The maximum atomic E-state index is 11.1. The van der Waals surface area contributed by atoms with Gasteiger partial charge < -0.3 is 10.2 Å². The number of nitrogens with one attached hydrogen (secondary N) is 2. The minimum Gasteiger partial charge on any atom is -0.394 e. The molecule has 0 aromatic carbocycles. The molecule has 80 valence electrons. The third-order valence-corrected chi connectivity index (χ3v) is 2.19. The van der Waals surface area contributed by atoms with Gasteiger partial charge in [-0.05, 0) is 6.92 Å². The summed E-state index contributed by atoms with van der Waals surface area (Å²) in [4.78, 5) is 22.0. The fraction of sp³-hybridized carbons (Fsp3) is 0.750. The van der Waals surface area contributed by atoms with Crippen LogP contribution >= 0.6 is 0 Å². The molecule has 1 fully saturated rings. The lowest BCUT2D eigenvalue weighted by Gasteiger charge is -2.28. The first-order valence-corrected chi connectivity index (χ1v) is 4.34. The van der Waals surface area contributed by atoms with Crippen LogP contribution in [0.5, 0.6) is 0 Å². The molecule has 0 aliphatic carbocycles. The van der Waals surface area contributed by atoms with Crippen LogP contribution in [0.3, 0.4) is 0 Å². The first-order chi connectivity index (χ1) is 6.50. The number of amides is 2. The molecule has 0 radical (unpaired) electrons. The predicted molar refractivity (Wildman–Crippen MR) is 47.3 cm³/mol. The molecule has 1 aliphatic heterocycles. The summed E-state index contributed by atoms with van der Waals surface area (Å²) in [5.74, 6) is -0.756. The maximum Gasteiger partial charge on any atom is 0.244 e. The van der Waals surface area contributed by atoms with E-state index in [1.807, 2.05) is 0 Å². The Bertz CT molecular complexity index is 250. The van der Waals surface area contributed by atoms with E-state index < -0.39 is 17.5 Å². The lowest BCUT2D eigenvalue weighted by atomic mass is 10.0. The molecule has 1 aliphatic rings. The van der Waals surface area contributed by atoms with Crippen LogP contribution in [0.25, 0.3) is 0 Å². The minimum absolute atomic E-state index is 0.0500. The Morgan fingerprint density at radius 1 is 1.50 bits per heavy atom. The third-order valence-electron chi connectivity index (χ3n) is 2.19. The van der Waals surface area contributed by atoms with Crippen molar-refractivity contribution in [3.8, 4) is 0 Å². The molecule has 2 amide bonds. The Kier molecular flexibility index (Phi) is 3.20. The van der Waals surface area contributed by atoms with Gasteiger partial charge in [-0.3, -0.25) is 20.2 Å². The number of imide groups is 1. The molecule has 1 unspecified atom stereocenters. The van der Waals surface area contributed by atoms with Crippen molar-refractivity contribution in [1.82, 2.24) is 10.6 Å². The number of rotatable bonds is 4. The summed E-state index contributed by atoms with van der Waals surface area (Å²) in [5, 5.41) is 22.8. The molecule has 0 bridgehead atoms. The molecule has 0 aromatic heterocycles. The summed E-state index contributed by atoms with van der Waals surface area (Å²) >= 11 is 0. The second kappa shape index (κ2) is 4.04. The fourth-order valence-electron chi connectivity index (χ4n) is 1.23. The van der Waals surface area contributed by atoms with Crippen molar-refractivity contribution in [3.63, 3.8) is 0 Å². The van der Waals surface area contributed by atoms with Crippen LogP contribution in [0.4, 0.5) is 0 Å². The lowest BCUT2D eigenvalue weighted by molar-refractivity contribution is -0.125.